The summed E-state index contributed by atoms with van der Waals surface area (Å²) >= 11 is 5.63. The SMILES string of the molecule is Cc1ccccc1-c1nn(CN2CCN(CC(=O)NC(C)(C)C)CC2)c(=S)n1C. The summed E-state index contributed by atoms with van der Waals surface area (Å²) in [6.07, 6.45) is 0. The zero-order valence-electron chi connectivity index (χ0n) is 18.1. The number of nitrogens with zero attached hydrogens (tertiary/aromatic N) is 5. The number of hydrogen-bond donors (Lipinski definition) is 1. The van der Waals surface area contributed by atoms with Gasteiger partial charge in [-0.25, -0.2) is 4.68 Å². The molecule has 158 valence electrons. The van der Waals surface area contributed by atoms with E-state index in [0.717, 1.165) is 42.3 Å². The van der Waals surface area contributed by atoms with Crippen LogP contribution in [-0.2, 0) is 18.5 Å². The molecule has 8 heteroatoms. The third-order valence-corrected chi connectivity index (χ3v) is 5.59. The number of nitrogens with one attached hydrogen (secondary N) is 1. The number of aromatic nitrogens is 3. The first-order valence-corrected chi connectivity index (χ1v) is 10.5. The average molecular weight is 417 g/mol. The van der Waals surface area contributed by atoms with Crippen LogP contribution in [0.25, 0.3) is 11.4 Å². The van der Waals surface area contributed by atoms with Crippen molar-refractivity contribution in [2.75, 3.05) is 32.7 Å². The molecule has 1 amide bonds. The zero-order chi connectivity index (χ0) is 21.2. The molecule has 1 aliphatic rings. The molecule has 0 bridgehead atoms. The van der Waals surface area contributed by atoms with Gasteiger partial charge in [0.15, 0.2) is 10.6 Å². The van der Waals surface area contributed by atoms with Gasteiger partial charge in [-0.3, -0.25) is 14.6 Å². The molecule has 0 saturated carbocycles. The van der Waals surface area contributed by atoms with E-state index in [1.54, 1.807) is 0 Å². The molecule has 1 saturated heterocycles. The van der Waals surface area contributed by atoms with Crippen LogP contribution in [0.2, 0.25) is 0 Å². The maximum atomic E-state index is 12.1. The maximum Gasteiger partial charge on any atom is 0.234 e. The summed E-state index contributed by atoms with van der Waals surface area (Å²) in [6, 6.07) is 8.23. The van der Waals surface area contributed by atoms with Crippen LogP contribution >= 0.6 is 12.2 Å². The summed E-state index contributed by atoms with van der Waals surface area (Å²) in [6.45, 7) is 12.7. The number of benzene rings is 1. The summed E-state index contributed by atoms with van der Waals surface area (Å²) in [5.74, 6) is 0.978. The molecule has 2 heterocycles. The molecular weight excluding hydrogens is 384 g/mol. The van der Waals surface area contributed by atoms with Crippen LogP contribution < -0.4 is 5.32 Å². The van der Waals surface area contributed by atoms with E-state index in [0.29, 0.717) is 13.2 Å². The van der Waals surface area contributed by atoms with Crippen molar-refractivity contribution in [1.82, 2.24) is 29.5 Å². The summed E-state index contributed by atoms with van der Waals surface area (Å²) in [5, 5.41) is 7.83. The Kier molecular flexibility index (Phi) is 6.55. The molecule has 1 aromatic heterocycles. The third kappa shape index (κ3) is 5.52. The molecule has 0 atom stereocenters. The lowest BCUT2D eigenvalue weighted by atomic mass is 10.1. The second-order valence-corrected chi connectivity index (χ2v) is 9.18. The molecule has 0 spiro atoms. The second kappa shape index (κ2) is 8.77. The first-order chi connectivity index (χ1) is 13.6. The first kappa shape index (κ1) is 21.7. The standard InChI is InChI=1S/C21H32N6OS/c1-16-8-6-7-9-17(16)19-23-27(20(29)24(19)5)15-26-12-10-25(11-13-26)14-18(28)22-21(2,3)4/h6-9H,10-15H2,1-5H3,(H,22,28). The third-order valence-electron chi connectivity index (χ3n) is 5.11. The van der Waals surface area contributed by atoms with Crippen molar-refractivity contribution in [3.63, 3.8) is 0 Å². The lowest BCUT2D eigenvalue weighted by Crippen LogP contribution is -2.51. The Bertz CT molecular complexity index is 918. The fourth-order valence-corrected chi connectivity index (χ4v) is 3.76. The zero-order valence-corrected chi connectivity index (χ0v) is 18.9. The summed E-state index contributed by atoms with van der Waals surface area (Å²) in [5.41, 5.74) is 2.10. The number of rotatable bonds is 5. The summed E-state index contributed by atoms with van der Waals surface area (Å²) in [4.78, 5) is 16.7. The number of carbonyl (C=O) groups excluding carboxylic acids is 1. The van der Waals surface area contributed by atoms with E-state index in [2.05, 4.69) is 34.2 Å². The lowest BCUT2D eigenvalue weighted by Gasteiger charge is -2.34. The highest BCUT2D eigenvalue weighted by molar-refractivity contribution is 7.71. The van der Waals surface area contributed by atoms with Gasteiger partial charge in [0.25, 0.3) is 0 Å². The van der Waals surface area contributed by atoms with Crippen molar-refractivity contribution in [3.05, 3.63) is 34.6 Å². The molecule has 1 fully saturated rings. The fourth-order valence-electron chi connectivity index (χ4n) is 3.58. The summed E-state index contributed by atoms with van der Waals surface area (Å²) in [7, 11) is 1.97. The van der Waals surface area contributed by atoms with Crippen LogP contribution in [0, 0.1) is 11.7 Å². The predicted octanol–water partition coefficient (Wildman–Crippen LogP) is 2.42. The van der Waals surface area contributed by atoms with Crippen LogP contribution in [0.4, 0.5) is 0 Å². The van der Waals surface area contributed by atoms with E-state index in [4.69, 9.17) is 17.3 Å². The van der Waals surface area contributed by atoms with Crippen LogP contribution in [-0.4, -0.2) is 68.3 Å². The molecular formula is C21H32N6OS. The van der Waals surface area contributed by atoms with Gasteiger partial charge >= 0.3 is 0 Å². The quantitative estimate of drug-likeness (QED) is 0.759. The van der Waals surface area contributed by atoms with Gasteiger partial charge < -0.3 is 9.88 Å². The molecule has 3 rings (SSSR count). The molecule has 1 aromatic carbocycles. The molecule has 2 aromatic rings. The maximum absolute atomic E-state index is 12.1. The number of amides is 1. The van der Waals surface area contributed by atoms with Gasteiger partial charge in [-0.15, -0.1) is 0 Å². The smallest absolute Gasteiger partial charge is 0.234 e. The van der Waals surface area contributed by atoms with Gasteiger partial charge in [-0.05, 0) is 45.5 Å². The van der Waals surface area contributed by atoms with Crippen molar-refractivity contribution in [2.45, 2.75) is 39.9 Å². The largest absolute Gasteiger partial charge is 0.350 e. The molecule has 0 aliphatic carbocycles. The minimum Gasteiger partial charge on any atom is -0.350 e. The Balaban J connectivity index is 1.60. The molecule has 7 nitrogen and oxygen atoms in total. The van der Waals surface area contributed by atoms with E-state index in [1.165, 1.54) is 5.56 Å². The lowest BCUT2D eigenvalue weighted by molar-refractivity contribution is -0.124. The van der Waals surface area contributed by atoms with Crippen LogP contribution in [0.15, 0.2) is 24.3 Å². The highest BCUT2D eigenvalue weighted by Crippen LogP contribution is 2.21. The molecule has 1 N–H and O–H groups in total. The highest BCUT2D eigenvalue weighted by atomic mass is 32.1. The van der Waals surface area contributed by atoms with Crippen molar-refractivity contribution in [2.24, 2.45) is 7.05 Å². The molecule has 29 heavy (non-hydrogen) atoms. The van der Waals surface area contributed by atoms with Gasteiger partial charge in [0, 0.05) is 44.3 Å². The summed E-state index contributed by atoms with van der Waals surface area (Å²) < 4.78 is 4.60. The fraction of sp³-hybridized carbons (Fsp3) is 0.571. The number of hydrogen-bond acceptors (Lipinski definition) is 5. The van der Waals surface area contributed by atoms with Gasteiger partial charge in [-0.2, -0.15) is 5.10 Å². The van der Waals surface area contributed by atoms with E-state index in [1.807, 2.05) is 49.2 Å². The van der Waals surface area contributed by atoms with E-state index in [-0.39, 0.29) is 11.4 Å². The van der Waals surface area contributed by atoms with Gasteiger partial charge in [0.1, 0.15) is 0 Å². The molecule has 0 radical (unpaired) electrons. The monoisotopic (exact) mass is 416 g/mol. The number of piperazine rings is 1. The molecule has 0 unspecified atom stereocenters. The van der Waals surface area contributed by atoms with E-state index in [9.17, 15) is 4.79 Å². The first-order valence-electron chi connectivity index (χ1n) is 10.1. The highest BCUT2D eigenvalue weighted by Gasteiger charge is 2.22. The topological polar surface area (TPSA) is 58.3 Å². The minimum absolute atomic E-state index is 0.0840. The van der Waals surface area contributed by atoms with Gasteiger partial charge in [0.2, 0.25) is 5.91 Å². The second-order valence-electron chi connectivity index (χ2n) is 8.81. The van der Waals surface area contributed by atoms with Crippen molar-refractivity contribution >= 4 is 18.1 Å². The number of carbonyl (C=O) groups is 1. The minimum atomic E-state index is -0.191. The van der Waals surface area contributed by atoms with Crippen LogP contribution in [0.5, 0.6) is 0 Å². The Labute approximate surface area is 178 Å². The van der Waals surface area contributed by atoms with Crippen molar-refractivity contribution in [1.29, 1.82) is 0 Å². The Morgan fingerprint density at radius 1 is 1.14 bits per heavy atom. The van der Waals surface area contributed by atoms with E-state index >= 15 is 0 Å². The van der Waals surface area contributed by atoms with Gasteiger partial charge in [0.05, 0.1) is 13.2 Å². The average Bonchev–Trinajstić information content (AvgIpc) is 2.90. The molecule has 1 aliphatic heterocycles. The number of aryl methyl sites for hydroxylation is 1. The Morgan fingerprint density at radius 3 is 2.38 bits per heavy atom. The predicted molar refractivity (Wildman–Crippen MR) is 118 cm³/mol. The van der Waals surface area contributed by atoms with Crippen molar-refractivity contribution < 1.29 is 4.79 Å². The van der Waals surface area contributed by atoms with Crippen molar-refractivity contribution in [3.8, 4) is 11.4 Å². The Morgan fingerprint density at radius 2 is 1.76 bits per heavy atom. The normalized spacial score (nSPS) is 16.2. The van der Waals surface area contributed by atoms with Crippen LogP contribution in [0.3, 0.4) is 0 Å². The Hall–Kier alpha value is -2.03. The van der Waals surface area contributed by atoms with Crippen LogP contribution in [0.1, 0.15) is 26.3 Å². The van der Waals surface area contributed by atoms with E-state index < -0.39 is 0 Å². The van der Waals surface area contributed by atoms with Gasteiger partial charge in [-0.1, -0.05) is 24.3 Å².